The maximum absolute atomic E-state index is 13.9. The van der Waals surface area contributed by atoms with E-state index in [0.29, 0.717) is 35.7 Å². The molecule has 9 heteroatoms. The lowest BCUT2D eigenvalue weighted by atomic mass is 10.1. The molecule has 3 aromatic rings. The topological polar surface area (TPSA) is 76.0 Å². The molecule has 0 unspecified atom stereocenters. The van der Waals surface area contributed by atoms with E-state index in [1.54, 1.807) is 10.6 Å². The minimum atomic E-state index is -0.335. The van der Waals surface area contributed by atoms with Gasteiger partial charge in [0.1, 0.15) is 5.82 Å². The van der Waals surface area contributed by atoms with Crippen LogP contribution in [0.3, 0.4) is 0 Å². The molecule has 1 saturated heterocycles. The van der Waals surface area contributed by atoms with Crippen molar-refractivity contribution in [3.63, 3.8) is 0 Å². The summed E-state index contributed by atoms with van der Waals surface area (Å²) in [6.07, 6.45) is 0. The molecule has 2 aliphatic rings. The van der Waals surface area contributed by atoms with Gasteiger partial charge in [0.2, 0.25) is 12.7 Å². The quantitative estimate of drug-likeness (QED) is 0.544. The Labute approximate surface area is 209 Å². The molecule has 0 radical (unpaired) electrons. The fraction of sp³-hybridized carbons (Fsp3) is 0.407. The normalized spacial score (nSPS) is 16.1. The average molecular weight is 495 g/mol. The van der Waals surface area contributed by atoms with Gasteiger partial charge in [0.05, 0.1) is 18.6 Å². The first-order valence-electron chi connectivity index (χ1n) is 12.3. The van der Waals surface area contributed by atoms with E-state index in [-0.39, 0.29) is 36.7 Å². The van der Waals surface area contributed by atoms with Gasteiger partial charge in [-0.3, -0.25) is 19.4 Å². The number of nitrogens with zero attached hydrogens (tertiary/aromatic N) is 3. The van der Waals surface area contributed by atoms with Crippen molar-refractivity contribution in [3.05, 3.63) is 69.8 Å². The van der Waals surface area contributed by atoms with Gasteiger partial charge >= 0.3 is 0 Å². The lowest BCUT2D eigenvalue weighted by Gasteiger charge is -2.34. The summed E-state index contributed by atoms with van der Waals surface area (Å²) in [4.78, 5) is 30.1. The van der Waals surface area contributed by atoms with Gasteiger partial charge in [-0.1, -0.05) is 12.1 Å². The lowest BCUT2D eigenvalue weighted by Crippen LogP contribution is -2.50. The number of hydrogen-bond donors (Lipinski definition) is 1. The van der Waals surface area contributed by atoms with Crippen molar-refractivity contribution in [2.45, 2.75) is 33.0 Å². The molecule has 0 spiro atoms. The molecule has 2 aromatic carbocycles. The van der Waals surface area contributed by atoms with Crippen LogP contribution in [0.25, 0.3) is 10.9 Å². The Morgan fingerprint density at radius 2 is 1.72 bits per heavy atom. The standard InChI is InChI=1S/C27H31FN4O4/c1-18(2)29-26(33)16-31-8-6-30(7-9-31)15-21-11-20-12-24-25(36-17-35-24)13-23(20)32(27(21)34)14-19-4-3-5-22(28)10-19/h3-5,10-13,18H,6-9,14-17H2,1-2H3,(H,29,33). The molecule has 1 N–H and O–H groups in total. The third-order valence-electron chi connectivity index (χ3n) is 6.57. The molecule has 0 aliphatic carbocycles. The first-order chi connectivity index (χ1) is 17.4. The second-order valence-corrected chi connectivity index (χ2v) is 9.73. The number of hydrogen-bond acceptors (Lipinski definition) is 6. The number of carbonyl (C=O) groups is 1. The zero-order valence-electron chi connectivity index (χ0n) is 20.6. The predicted molar refractivity (Wildman–Crippen MR) is 135 cm³/mol. The molecule has 5 rings (SSSR count). The maximum Gasteiger partial charge on any atom is 0.255 e. The summed E-state index contributed by atoms with van der Waals surface area (Å²) < 4.78 is 26.7. The molecule has 3 heterocycles. The van der Waals surface area contributed by atoms with Crippen molar-refractivity contribution in [2.75, 3.05) is 39.5 Å². The molecular formula is C27H31FN4O4. The molecule has 36 heavy (non-hydrogen) atoms. The second-order valence-electron chi connectivity index (χ2n) is 9.73. The smallest absolute Gasteiger partial charge is 0.255 e. The molecule has 1 fully saturated rings. The van der Waals surface area contributed by atoms with Crippen LogP contribution >= 0.6 is 0 Å². The number of aromatic nitrogens is 1. The summed E-state index contributed by atoms with van der Waals surface area (Å²) in [7, 11) is 0. The van der Waals surface area contributed by atoms with E-state index in [4.69, 9.17) is 9.47 Å². The monoisotopic (exact) mass is 494 g/mol. The highest BCUT2D eigenvalue weighted by atomic mass is 19.1. The third-order valence-corrected chi connectivity index (χ3v) is 6.57. The number of pyridine rings is 1. The van der Waals surface area contributed by atoms with Gasteiger partial charge in [-0.15, -0.1) is 0 Å². The minimum Gasteiger partial charge on any atom is -0.454 e. The van der Waals surface area contributed by atoms with Gasteiger partial charge in [0.25, 0.3) is 5.56 Å². The lowest BCUT2D eigenvalue weighted by molar-refractivity contribution is -0.123. The first-order valence-corrected chi connectivity index (χ1v) is 12.3. The Kier molecular flexibility index (Phi) is 6.93. The number of amides is 1. The van der Waals surface area contributed by atoms with Crippen molar-refractivity contribution in [1.82, 2.24) is 19.7 Å². The molecular weight excluding hydrogens is 463 g/mol. The Morgan fingerprint density at radius 3 is 2.44 bits per heavy atom. The Balaban J connectivity index is 1.39. The van der Waals surface area contributed by atoms with Crippen molar-refractivity contribution >= 4 is 16.8 Å². The van der Waals surface area contributed by atoms with E-state index in [2.05, 4.69) is 15.1 Å². The highest BCUT2D eigenvalue weighted by molar-refractivity contribution is 5.84. The highest BCUT2D eigenvalue weighted by Crippen LogP contribution is 2.36. The average Bonchev–Trinajstić information content (AvgIpc) is 3.29. The van der Waals surface area contributed by atoms with Gasteiger partial charge in [-0.2, -0.15) is 0 Å². The van der Waals surface area contributed by atoms with Gasteiger partial charge in [-0.05, 0) is 43.7 Å². The zero-order valence-corrected chi connectivity index (χ0v) is 20.6. The van der Waals surface area contributed by atoms with Crippen LogP contribution in [0.15, 0.2) is 47.3 Å². The molecule has 0 saturated carbocycles. The number of nitrogens with one attached hydrogen (secondary N) is 1. The largest absolute Gasteiger partial charge is 0.454 e. The summed E-state index contributed by atoms with van der Waals surface area (Å²) in [5.74, 6) is 0.948. The Hall–Kier alpha value is -3.43. The molecule has 2 aliphatic heterocycles. The summed E-state index contributed by atoms with van der Waals surface area (Å²) in [6, 6.07) is 12.1. The van der Waals surface area contributed by atoms with Gasteiger partial charge < -0.3 is 19.4 Å². The van der Waals surface area contributed by atoms with E-state index >= 15 is 0 Å². The van der Waals surface area contributed by atoms with Gasteiger partial charge in [0, 0.05) is 55.8 Å². The summed E-state index contributed by atoms with van der Waals surface area (Å²) in [5, 5.41) is 3.80. The van der Waals surface area contributed by atoms with Gasteiger partial charge in [0.15, 0.2) is 11.5 Å². The molecule has 0 bridgehead atoms. The number of ether oxygens (including phenoxy) is 2. The second kappa shape index (κ2) is 10.3. The van der Waals surface area contributed by atoms with E-state index in [9.17, 15) is 14.0 Å². The molecule has 1 aromatic heterocycles. The number of piperazine rings is 1. The molecule has 8 nitrogen and oxygen atoms in total. The highest BCUT2D eigenvalue weighted by Gasteiger charge is 2.22. The number of fused-ring (bicyclic) bond motifs is 2. The molecule has 0 atom stereocenters. The Morgan fingerprint density at radius 1 is 1.00 bits per heavy atom. The molecule has 190 valence electrons. The predicted octanol–water partition coefficient (Wildman–Crippen LogP) is 2.56. The maximum atomic E-state index is 13.9. The van der Waals surface area contributed by atoms with Crippen LogP contribution in [-0.4, -0.2) is 65.8 Å². The Bertz CT molecular complexity index is 1330. The van der Waals surface area contributed by atoms with Crippen molar-refractivity contribution in [1.29, 1.82) is 0 Å². The van der Waals surface area contributed by atoms with Crippen LogP contribution in [0.5, 0.6) is 11.5 Å². The van der Waals surface area contributed by atoms with Gasteiger partial charge in [-0.25, -0.2) is 4.39 Å². The summed E-state index contributed by atoms with van der Waals surface area (Å²) in [5.41, 5.74) is 1.99. The fourth-order valence-electron chi connectivity index (χ4n) is 4.83. The van der Waals surface area contributed by atoms with Crippen molar-refractivity contribution < 1.29 is 18.7 Å². The van der Waals surface area contributed by atoms with E-state index in [1.165, 1.54) is 12.1 Å². The molecule has 1 amide bonds. The number of halogens is 1. The van der Waals surface area contributed by atoms with Crippen LogP contribution in [0.1, 0.15) is 25.0 Å². The van der Waals surface area contributed by atoms with Crippen molar-refractivity contribution in [3.8, 4) is 11.5 Å². The number of benzene rings is 2. The van der Waals surface area contributed by atoms with Crippen LogP contribution in [-0.2, 0) is 17.9 Å². The van der Waals surface area contributed by atoms with Crippen LogP contribution in [0, 0.1) is 5.82 Å². The van der Waals surface area contributed by atoms with E-state index < -0.39 is 0 Å². The van der Waals surface area contributed by atoms with E-state index in [1.807, 2.05) is 38.1 Å². The first kappa shape index (κ1) is 24.3. The number of rotatable bonds is 7. The summed E-state index contributed by atoms with van der Waals surface area (Å²) in [6.45, 7) is 8.22. The van der Waals surface area contributed by atoms with Crippen LogP contribution in [0.2, 0.25) is 0 Å². The van der Waals surface area contributed by atoms with Crippen molar-refractivity contribution in [2.24, 2.45) is 0 Å². The minimum absolute atomic E-state index is 0.0342. The number of carbonyl (C=O) groups excluding carboxylic acids is 1. The fourth-order valence-corrected chi connectivity index (χ4v) is 4.83. The zero-order chi connectivity index (χ0) is 25.2. The van der Waals surface area contributed by atoms with Crippen LogP contribution < -0.4 is 20.3 Å². The van der Waals surface area contributed by atoms with E-state index in [0.717, 1.165) is 37.1 Å². The summed E-state index contributed by atoms with van der Waals surface area (Å²) >= 11 is 0. The van der Waals surface area contributed by atoms with Crippen LogP contribution in [0.4, 0.5) is 4.39 Å². The SMILES string of the molecule is CC(C)NC(=O)CN1CCN(Cc2cc3cc4c(cc3n(Cc3cccc(F)c3)c2=O)OCO4)CC1. The third kappa shape index (κ3) is 5.37.